The summed E-state index contributed by atoms with van der Waals surface area (Å²) in [6.45, 7) is 0. The van der Waals surface area contributed by atoms with Gasteiger partial charge < -0.3 is 11.5 Å². The number of aromatic nitrogens is 1. The molecule has 14 heavy (non-hydrogen) atoms. The number of carbonyl (C=O) groups is 2. The Morgan fingerprint density at radius 2 is 1.93 bits per heavy atom. The molecule has 1 aromatic rings. The molecule has 0 aliphatic rings. The normalized spacial score (nSPS) is 12.1. The van der Waals surface area contributed by atoms with Crippen LogP contribution in [0.1, 0.15) is 6.42 Å². The summed E-state index contributed by atoms with van der Waals surface area (Å²) < 4.78 is 1.45. The van der Waals surface area contributed by atoms with Crippen LogP contribution >= 0.6 is 0 Å². The molecule has 76 valence electrons. The zero-order valence-corrected chi connectivity index (χ0v) is 7.51. The van der Waals surface area contributed by atoms with E-state index in [1.54, 1.807) is 24.5 Å². The third-order valence-electron chi connectivity index (χ3n) is 1.60. The molecule has 0 saturated heterocycles. The van der Waals surface area contributed by atoms with Crippen LogP contribution in [0.5, 0.6) is 0 Å². The Bertz CT molecular complexity index is 320. The molecule has 0 bridgehead atoms. The highest BCUT2D eigenvalue weighted by Crippen LogP contribution is 1.90. The minimum absolute atomic E-state index is 0.160. The van der Waals surface area contributed by atoms with Crippen molar-refractivity contribution in [2.24, 2.45) is 11.5 Å². The molecule has 0 aromatic carbocycles. The van der Waals surface area contributed by atoms with E-state index >= 15 is 0 Å². The molecule has 0 radical (unpaired) electrons. The molecule has 6 nitrogen and oxygen atoms in total. The fraction of sp³-hybridized carbons (Fsp3) is 0.250. The first-order chi connectivity index (χ1) is 6.59. The predicted octanol–water partition coefficient (Wildman–Crippen LogP) is -1.24. The molecular weight excluding hydrogens is 184 g/mol. The van der Waals surface area contributed by atoms with E-state index in [1.807, 2.05) is 0 Å². The molecule has 0 fully saturated rings. The summed E-state index contributed by atoms with van der Waals surface area (Å²) in [6.07, 6.45) is 3.14. The Morgan fingerprint density at radius 1 is 1.36 bits per heavy atom. The van der Waals surface area contributed by atoms with Crippen molar-refractivity contribution in [1.29, 1.82) is 0 Å². The van der Waals surface area contributed by atoms with Crippen LogP contribution in [0.15, 0.2) is 24.5 Å². The number of rotatable bonds is 4. The van der Waals surface area contributed by atoms with E-state index in [9.17, 15) is 9.59 Å². The molecule has 1 atom stereocenters. The molecule has 5 N–H and O–H groups in total. The largest absolute Gasteiger partial charge is 0.370 e. The average molecular weight is 196 g/mol. The van der Waals surface area contributed by atoms with Gasteiger partial charge in [0.05, 0.1) is 12.5 Å². The zero-order valence-electron chi connectivity index (χ0n) is 7.51. The lowest BCUT2D eigenvalue weighted by Crippen LogP contribution is -2.41. The molecular formula is C8H12N4O2. The highest BCUT2D eigenvalue weighted by Gasteiger charge is 2.15. The maximum absolute atomic E-state index is 11.3. The fourth-order valence-corrected chi connectivity index (χ4v) is 0.929. The van der Waals surface area contributed by atoms with Gasteiger partial charge in [0, 0.05) is 12.4 Å². The van der Waals surface area contributed by atoms with Gasteiger partial charge in [-0.05, 0) is 12.1 Å². The van der Waals surface area contributed by atoms with Crippen molar-refractivity contribution in [3.63, 3.8) is 0 Å². The third-order valence-corrected chi connectivity index (χ3v) is 1.60. The van der Waals surface area contributed by atoms with E-state index in [0.29, 0.717) is 0 Å². The zero-order chi connectivity index (χ0) is 10.6. The van der Waals surface area contributed by atoms with Crippen LogP contribution in [0.25, 0.3) is 0 Å². The molecule has 2 amide bonds. The quantitative estimate of drug-likeness (QED) is 0.561. The van der Waals surface area contributed by atoms with Gasteiger partial charge in [-0.1, -0.05) is 0 Å². The maximum atomic E-state index is 11.3. The van der Waals surface area contributed by atoms with Crippen LogP contribution < -0.4 is 16.9 Å². The van der Waals surface area contributed by atoms with Crippen LogP contribution in [0.3, 0.4) is 0 Å². The molecule has 0 aliphatic heterocycles. The van der Waals surface area contributed by atoms with Crippen molar-refractivity contribution in [1.82, 2.24) is 4.68 Å². The summed E-state index contributed by atoms with van der Waals surface area (Å²) in [5.74, 6) is -1.04. The van der Waals surface area contributed by atoms with Crippen molar-refractivity contribution in [3.05, 3.63) is 24.5 Å². The second kappa shape index (κ2) is 4.43. The second-order valence-electron chi connectivity index (χ2n) is 2.84. The van der Waals surface area contributed by atoms with E-state index in [-0.39, 0.29) is 6.42 Å². The third kappa shape index (κ3) is 2.91. The van der Waals surface area contributed by atoms with E-state index in [2.05, 4.69) is 5.43 Å². The van der Waals surface area contributed by atoms with Gasteiger partial charge in [-0.15, -0.1) is 0 Å². The van der Waals surface area contributed by atoms with E-state index in [1.165, 1.54) is 4.68 Å². The molecule has 0 spiro atoms. The summed E-state index contributed by atoms with van der Waals surface area (Å²) in [7, 11) is 0. The number of amides is 2. The van der Waals surface area contributed by atoms with Crippen molar-refractivity contribution < 1.29 is 9.59 Å². The summed E-state index contributed by atoms with van der Waals surface area (Å²) in [6, 6.07) is 2.59. The first-order valence-corrected chi connectivity index (χ1v) is 4.07. The molecule has 0 saturated carbocycles. The van der Waals surface area contributed by atoms with Crippen LogP contribution in [0.4, 0.5) is 0 Å². The average Bonchev–Trinajstić information content (AvgIpc) is 2.55. The first kappa shape index (κ1) is 10.3. The van der Waals surface area contributed by atoms with Crippen LogP contribution in [0.2, 0.25) is 0 Å². The Balaban J connectivity index is 2.46. The summed E-state index contributed by atoms with van der Waals surface area (Å²) in [5.41, 5.74) is 12.8. The van der Waals surface area contributed by atoms with E-state index in [0.717, 1.165) is 0 Å². The lowest BCUT2D eigenvalue weighted by atomic mass is 10.2. The van der Waals surface area contributed by atoms with Crippen molar-refractivity contribution >= 4 is 11.8 Å². The Hall–Kier alpha value is -1.82. The molecule has 1 heterocycles. The summed E-state index contributed by atoms with van der Waals surface area (Å²) >= 11 is 0. The van der Waals surface area contributed by atoms with Crippen molar-refractivity contribution in [3.8, 4) is 0 Å². The number of nitrogens with zero attached hydrogens (tertiary/aromatic N) is 1. The predicted molar refractivity (Wildman–Crippen MR) is 50.6 cm³/mol. The summed E-state index contributed by atoms with van der Waals surface area (Å²) in [5, 5.41) is 0. The number of primary amides is 1. The second-order valence-corrected chi connectivity index (χ2v) is 2.84. The van der Waals surface area contributed by atoms with Crippen LogP contribution in [-0.4, -0.2) is 22.5 Å². The highest BCUT2D eigenvalue weighted by molar-refractivity contribution is 5.92. The Labute approximate surface area is 80.8 Å². The summed E-state index contributed by atoms with van der Waals surface area (Å²) in [4.78, 5) is 21.8. The molecule has 0 aliphatic carbocycles. The highest BCUT2D eigenvalue weighted by atomic mass is 16.2. The lowest BCUT2D eigenvalue weighted by molar-refractivity contribution is -0.123. The Kier molecular flexibility index (Phi) is 3.24. The fourth-order valence-electron chi connectivity index (χ4n) is 0.929. The number of hydrogen-bond donors (Lipinski definition) is 3. The van der Waals surface area contributed by atoms with Crippen molar-refractivity contribution in [2.45, 2.75) is 12.5 Å². The minimum Gasteiger partial charge on any atom is -0.370 e. The smallest absolute Gasteiger partial charge is 0.256 e. The molecule has 1 aromatic heterocycles. The number of nitrogens with two attached hydrogens (primary N) is 2. The number of hydrogen-bond acceptors (Lipinski definition) is 3. The monoisotopic (exact) mass is 196 g/mol. The standard InChI is InChI=1S/C8H12N4O2/c9-6(5-7(10)13)8(14)11-12-3-1-2-4-12/h1-4,6H,5,9H2,(H2,10,13)(H,11,14). The first-order valence-electron chi connectivity index (χ1n) is 4.07. The SMILES string of the molecule is NC(=O)CC(N)C(=O)Nn1cccc1. The maximum Gasteiger partial charge on any atom is 0.256 e. The minimum atomic E-state index is -0.908. The Morgan fingerprint density at radius 3 is 2.43 bits per heavy atom. The van der Waals surface area contributed by atoms with Gasteiger partial charge in [0.1, 0.15) is 0 Å². The van der Waals surface area contributed by atoms with Gasteiger partial charge in [-0.3, -0.25) is 19.7 Å². The van der Waals surface area contributed by atoms with Gasteiger partial charge >= 0.3 is 0 Å². The van der Waals surface area contributed by atoms with E-state index < -0.39 is 17.9 Å². The van der Waals surface area contributed by atoms with Gasteiger partial charge in [0.2, 0.25) is 5.91 Å². The van der Waals surface area contributed by atoms with Gasteiger partial charge in [-0.25, -0.2) is 0 Å². The van der Waals surface area contributed by atoms with Crippen LogP contribution in [-0.2, 0) is 9.59 Å². The van der Waals surface area contributed by atoms with Gasteiger partial charge in [0.25, 0.3) is 5.91 Å². The van der Waals surface area contributed by atoms with Gasteiger partial charge in [-0.2, -0.15) is 0 Å². The molecule has 1 rings (SSSR count). The lowest BCUT2D eigenvalue weighted by Gasteiger charge is -2.10. The van der Waals surface area contributed by atoms with E-state index in [4.69, 9.17) is 11.5 Å². The number of nitrogens with one attached hydrogen (secondary N) is 1. The van der Waals surface area contributed by atoms with Crippen LogP contribution in [0, 0.1) is 0 Å². The number of carbonyl (C=O) groups excluding carboxylic acids is 2. The molecule has 1 unspecified atom stereocenters. The topological polar surface area (TPSA) is 103 Å². The van der Waals surface area contributed by atoms with Crippen molar-refractivity contribution in [2.75, 3.05) is 5.43 Å². The molecule has 6 heteroatoms. The van der Waals surface area contributed by atoms with Gasteiger partial charge in [0.15, 0.2) is 0 Å².